The van der Waals surface area contributed by atoms with Gasteiger partial charge in [0.2, 0.25) is 0 Å². The van der Waals surface area contributed by atoms with Crippen LogP contribution >= 0.6 is 0 Å². The average Bonchev–Trinajstić information content (AvgIpc) is 2.92. The summed E-state index contributed by atoms with van der Waals surface area (Å²) in [6.07, 6.45) is 2.49. The van der Waals surface area contributed by atoms with E-state index >= 15 is 0 Å². The van der Waals surface area contributed by atoms with Crippen LogP contribution in [0.25, 0.3) is 11.0 Å². The first kappa shape index (κ1) is 13.2. The molecule has 0 radical (unpaired) electrons. The molecular formula is C17H16N2O2. The van der Waals surface area contributed by atoms with Crippen molar-refractivity contribution in [2.45, 2.75) is 6.42 Å². The van der Waals surface area contributed by atoms with Crippen LogP contribution in [-0.2, 0) is 6.42 Å². The predicted octanol–water partition coefficient (Wildman–Crippen LogP) is 3.80. The van der Waals surface area contributed by atoms with E-state index in [1.807, 2.05) is 54.6 Å². The number of anilines is 1. The zero-order valence-corrected chi connectivity index (χ0v) is 11.5. The Morgan fingerprint density at radius 2 is 1.76 bits per heavy atom. The third-order valence-electron chi connectivity index (χ3n) is 3.27. The number of nitrogens with one attached hydrogen (secondary N) is 2. The molecule has 1 heterocycles. The van der Waals surface area contributed by atoms with Gasteiger partial charge in [-0.2, -0.15) is 0 Å². The van der Waals surface area contributed by atoms with E-state index in [1.165, 1.54) is 0 Å². The van der Waals surface area contributed by atoms with Gasteiger partial charge in [0.15, 0.2) is 0 Å². The van der Waals surface area contributed by atoms with Crippen LogP contribution in [0.15, 0.2) is 65.3 Å². The van der Waals surface area contributed by atoms with Gasteiger partial charge < -0.3 is 15.1 Å². The van der Waals surface area contributed by atoms with Gasteiger partial charge in [0.25, 0.3) is 0 Å². The monoisotopic (exact) mass is 280 g/mol. The summed E-state index contributed by atoms with van der Waals surface area (Å²) in [5.41, 5.74) is 2.76. The molecule has 0 atom stereocenters. The van der Waals surface area contributed by atoms with Crippen molar-refractivity contribution in [1.82, 2.24) is 5.32 Å². The normalized spacial score (nSPS) is 10.5. The quantitative estimate of drug-likeness (QED) is 0.763. The van der Waals surface area contributed by atoms with Crippen LogP contribution in [0.4, 0.5) is 10.5 Å². The lowest BCUT2D eigenvalue weighted by Gasteiger charge is -2.06. The topological polar surface area (TPSA) is 54.3 Å². The van der Waals surface area contributed by atoms with Gasteiger partial charge in [-0.15, -0.1) is 0 Å². The summed E-state index contributed by atoms with van der Waals surface area (Å²) >= 11 is 0. The van der Waals surface area contributed by atoms with E-state index in [4.69, 9.17) is 4.42 Å². The molecule has 0 aliphatic rings. The van der Waals surface area contributed by atoms with Crippen LogP contribution in [0.3, 0.4) is 0 Å². The average molecular weight is 280 g/mol. The number of amides is 2. The van der Waals surface area contributed by atoms with Gasteiger partial charge in [0.05, 0.1) is 6.26 Å². The van der Waals surface area contributed by atoms with Crippen LogP contribution < -0.4 is 10.6 Å². The van der Waals surface area contributed by atoms with E-state index in [2.05, 4.69) is 10.6 Å². The molecular weight excluding hydrogens is 264 g/mol. The SMILES string of the molecule is O=C(NCCc1coc2ccccc12)Nc1ccccc1. The fourth-order valence-electron chi connectivity index (χ4n) is 2.23. The maximum Gasteiger partial charge on any atom is 0.319 e. The van der Waals surface area contributed by atoms with Crippen molar-refractivity contribution in [3.05, 3.63) is 66.4 Å². The number of carbonyl (C=O) groups is 1. The van der Waals surface area contributed by atoms with Gasteiger partial charge in [-0.05, 0) is 30.2 Å². The van der Waals surface area contributed by atoms with Crippen LogP contribution in [0.2, 0.25) is 0 Å². The van der Waals surface area contributed by atoms with Crippen molar-refractivity contribution in [2.75, 3.05) is 11.9 Å². The number of hydrogen-bond acceptors (Lipinski definition) is 2. The summed E-state index contributed by atoms with van der Waals surface area (Å²) in [5, 5.41) is 6.73. The van der Waals surface area contributed by atoms with Crippen molar-refractivity contribution < 1.29 is 9.21 Å². The standard InChI is InChI=1S/C17H16N2O2/c20-17(19-14-6-2-1-3-7-14)18-11-10-13-12-21-16-9-5-4-8-15(13)16/h1-9,12H,10-11H2,(H2,18,19,20). The number of hydrogen-bond donors (Lipinski definition) is 2. The van der Waals surface area contributed by atoms with Crippen LogP contribution in [0.1, 0.15) is 5.56 Å². The molecule has 2 amide bonds. The third kappa shape index (κ3) is 3.23. The number of rotatable bonds is 4. The second-order valence-corrected chi connectivity index (χ2v) is 4.75. The summed E-state index contributed by atoms with van der Waals surface area (Å²) in [5.74, 6) is 0. The van der Waals surface area contributed by atoms with E-state index in [0.717, 1.165) is 28.6 Å². The molecule has 0 unspecified atom stereocenters. The molecule has 3 aromatic rings. The number of carbonyl (C=O) groups excluding carboxylic acids is 1. The maximum absolute atomic E-state index is 11.8. The molecule has 0 saturated carbocycles. The Kier molecular flexibility index (Phi) is 3.87. The second-order valence-electron chi connectivity index (χ2n) is 4.75. The van der Waals surface area contributed by atoms with Gasteiger partial charge in [-0.25, -0.2) is 4.79 Å². The molecule has 0 saturated heterocycles. The van der Waals surface area contributed by atoms with Crippen molar-refractivity contribution in [3.8, 4) is 0 Å². The first-order valence-corrected chi connectivity index (χ1v) is 6.88. The molecule has 106 valence electrons. The summed E-state index contributed by atoms with van der Waals surface area (Å²) in [4.78, 5) is 11.8. The van der Waals surface area contributed by atoms with E-state index in [0.29, 0.717) is 6.54 Å². The Morgan fingerprint density at radius 3 is 2.62 bits per heavy atom. The highest BCUT2D eigenvalue weighted by Gasteiger charge is 2.06. The number of furan rings is 1. The zero-order valence-electron chi connectivity index (χ0n) is 11.5. The van der Waals surface area contributed by atoms with E-state index in [9.17, 15) is 4.79 Å². The first-order chi connectivity index (χ1) is 10.3. The van der Waals surface area contributed by atoms with Crippen molar-refractivity contribution in [2.24, 2.45) is 0 Å². The number of fused-ring (bicyclic) bond motifs is 1. The molecule has 0 aliphatic heterocycles. The molecule has 0 spiro atoms. The summed E-state index contributed by atoms with van der Waals surface area (Å²) in [7, 11) is 0. The van der Waals surface area contributed by atoms with Gasteiger partial charge in [0.1, 0.15) is 5.58 Å². The van der Waals surface area contributed by atoms with Gasteiger partial charge in [0, 0.05) is 17.6 Å². The molecule has 4 heteroatoms. The Hall–Kier alpha value is -2.75. The summed E-state index contributed by atoms with van der Waals surface area (Å²) in [6.45, 7) is 0.558. The lowest BCUT2D eigenvalue weighted by molar-refractivity contribution is 0.252. The van der Waals surface area contributed by atoms with Crippen LogP contribution in [0.5, 0.6) is 0 Å². The molecule has 4 nitrogen and oxygen atoms in total. The lowest BCUT2D eigenvalue weighted by atomic mass is 10.1. The Labute approximate surface area is 122 Å². The highest BCUT2D eigenvalue weighted by molar-refractivity contribution is 5.89. The lowest BCUT2D eigenvalue weighted by Crippen LogP contribution is -2.30. The minimum Gasteiger partial charge on any atom is -0.464 e. The number of urea groups is 1. The smallest absolute Gasteiger partial charge is 0.319 e. The first-order valence-electron chi connectivity index (χ1n) is 6.88. The molecule has 21 heavy (non-hydrogen) atoms. The number of benzene rings is 2. The van der Waals surface area contributed by atoms with Crippen molar-refractivity contribution in [3.63, 3.8) is 0 Å². The van der Waals surface area contributed by atoms with Crippen molar-refractivity contribution >= 4 is 22.7 Å². The summed E-state index contributed by atoms with van der Waals surface area (Å²) < 4.78 is 5.47. The third-order valence-corrected chi connectivity index (χ3v) is 3.27. The van der Waals surface area contributed by atoms with Crippen LogP contribution in [0, 0.1) is 0 Å². The van der Waals surface area contributed by atoms with E-state index < -0.39 is 0 Å². The maximum atomic E-state index is 11.8. The molecule has 0 aliphatic carbocycles. The van der Waals surface area contributed by atoms with Gasteiger partial charge in [-0.3, -0.25) is 0 Å². The molecule has 0 fully saturated rings. The van der Waals surface area contributed by atoms with Gasteiger partial charge in [-0.1, -0.05) is 36.4 Å². The predicted molar refractivity (Wildman–Crippen MR) is 83.4 cm³/mol. The molecule has 0 bridgehead atoms. The Morgan fingerprint density at radius 1 is 1.00 bits per heavy atom. The molecule has 3 rings (SSSR count). The molecule has 1 aromatic heterocycles. The Bertz CT molecular complexity index is 735. The largest absolute Gasteiger partial charge is 0.464 e. The Balaban J connectivity index is 1.53. The fraction of sp³-hybridized carbons (Fsp3) is 0.118. The van der Waals surface area contributed by atoms with Gasteiger partial charge >= 0.3 is 6.03 Å². The highest BCUT2D eigenvalue weighted by atomic mass is 16.3. The molecule has 2 aromatic carbocycles. The minimum atomic E-state index is -0.200. The second kappa shape index (κ2) is 6.13. The van der Waals surface area contributed by atoms with E-state index in [1.54, 1.807) is 6.26 Å². The molecule has 2 N–H and O–H groups in total. The van der Waals surface area contributed by atoms with Crippen molar-refractivity contribution in [1.29, 1.82) is 0 Å². The zero-order chi connectivity index (χ0) is 14.5. The highest BCUT2D eigenvalue weighted by Crippen LogP contribution is 2.20. The minimum absolute atomic E-state index is 0.200. The number of para-hydroxylation sites is 2. The van der Waals surface area contributed by atoms with Crippen LogP contribution in [-0.4, -0.2) is 12.6 Å². The van der Waals surface area contributed by atoms with E-state index in [-0.39, 0.29) is 6.03 Å². The fourth-order valence-corrected chi connectivity index (χ4v) is 2.23. The summed E-state index contributed by atoms with van der Waals surface area (Å²) in [6, 6.07) is 17.1.